The summed E-state index contributed by atoms with van der Waals surface area (Å²) >= 11 is 0. The summed E-state index contributed by atoms with van der Waals surface area (Å²) in [5.74, 6) is 1.74. The Morgan fingerprint density at radius 2 is 1.08 bits per heavy atom. The van der Waals surface area contributed by atoms with E-state index in [1.54, 1.807) is 0 Å². The third-order valence-corrected chi connectivity index (χ3v) is 4.85. The highest BCUT2D eigenvalue weighted by Crippen LogP contribution is 2.31. The molecule has 1 aliphatic rings. The first-order valence-corrected chi connectivity index (χ1v) is 9.37. The summed E-state index contributed by atoms with van der Waals surface area (Å²) in [5, 5.41) is 0. The van der Waals surface area contributed by atoms with Crippen LogP contribution in [0.2, 0.25) is 0 Å². The summed E-state index contributed by atoms with van der Waals surface area (Å²) in [7, 11) is 0. The predicted octanol–water partition coefficient (Wildman–Crippen LogP) is 5.03. The van der Waals surface area contributed by atoms with Gasteiger partial charge >= 0.3 is 0 Å². The smallest absolute Gasteiger partial charge is 0.161 e. The van der Waals surface area contributed by atoms with Crippen LogP contribution in [0.15, 0.2) is 72.8 Å². The molecule has 0 radical (unpaired) electrons. The predicted molar refractivity (Wildman–Crippen MR) is 105 cm³/mol. The minimum Gasteiger partial charge on any atom is -0.486 e. The Bertz CT molecular complexity index is 855. The van der Waals surface area contributed by atoms with Crippen LogP contribution < -0.4 is 9.47 Å². The van der Waals surface area contributed by atoms with Crippen molar-refractivity contribution in [3.8, 4) is 11.5 Å². The van der Waals surface area contributed by atoms with E-state index in [0.717, 1.165) is 37.2 Å². The molecule has 0 fully saturated rings. The van der Waals surface area contributed by atoms with Crippen LogP contribution in [0.3, 0.4) is 0 Å². The minimum atomic E-state index is 0.639. The standard InChI is InChI=1S/C24H24O2/c1-2-5-19(6-3-1)9-10-20-7-4-8-21(17-20)11-12-22-13-14-23-24(18-22)26-16-15-25-23/h1-8,13-14,17-18H,9-12,15-16H2. The number of benzene rings is 3. The van der Waals surface area contributed by atoms with Crippen molar-refractivity contribution >= 4 is 0 Å². The lowest BCUT2D eigenvalue weighted by atomic mass is 9.99. The molecule has 0 atom stereocenters. The first kappa shape index (κ1) is 16.7. The molecule has 0 saturated carbocycles. The van der Waals surface area contributed by atoms with Crippen molar-refractivity contribution in [1.82, 2.24) is 0 Å². The topological polar surface area (TPSA) is 18.5 Å². The Kier molecular flexibility index (Phi) is 5.20. The van der Waals surface area contributed by atoms with Crippen molar-refractivity contribution in [2.45, 2.75) is 25.7 Å². The van der Waals surface area contributed by atoms with Crippen LogP contribution in [0, 0.1) is 0 Å². The van der Waals surface area contributed by atoms with E-state index in [0.29, 0.717) is 13.2 Å². The van der Waals surface area contributed by atoms with Crippen LogP contribution >= 0.6 is 0 Å². The fourth-order valence-corrected chi connectivity index (χ4v) is 3.41. The second-order valence-electron chi connectivity index (χ2n) is 6.78. The number of aryl methyl sites for hydroxylation is 4. The molecule has 2 heteroatoms. The largest absolute Gasteiger partial charge is 0.486 e. The van der Waals surface area contributed by atoms with Crippen LogP contribution in [0.4, 0.5) is 0 Å². The summed E-state index contributed by atoms with van der Waals surface area (Å²) in [5.41, 5.74) is 5.50. The van der Waals surface area contributed by atoms with Crippen LogP contribution in [0.5, 0.6) is 11.5 Å². The lowest BCUT2D eigenvalue weighted by Gasteiger charge is -2.18. The van der Waals surface area contributed by atoms with Crippen molar-refractivity contribution in [2.75, 3.05) is 13.2 Å². The molecule has 0 unspecified atom stereocenters. The summed E-state index contributed by atoms with van der Waals surface area (Å²) < 4.78 is 11.3. The molecule has 0 aliphatic carbocycles. The van der Waals surface area contributed by atoms with Gasteiger partial charge in [0.1, 0.15) is 13.2 Å². The Balaban J connectivity index is 1.36. The highest BCUT2D eigenvalue weighted by atomic mass is 16.6. The summed E-state index contributed by atoms with van der Waals surface area (Å²) in [4.78, 5) is 0. The molecule has 132 valence electrons. The van der Waals surface area contributed by atoms with Gasteiger partial charge in [-0.1, -0.05) is 60.7 Å². The fourth-order valence-electron chi connectivity index (χ4n) is 3.41. The lowest BCUT2D eigenvalue weighted by molar-refractivity contribution is 0.171. The van der Waals surface area contributed by atoms with Gasteiger partial charge in [-0.25, -0.2) is 0 Å². The van der Waals surface area contributed by atoms with Gasteiger partial charge in [-0.2, -0.15) is 0 Å². The zero-order valence-electron chi connectivity index (χ0n) is 15.0. The van der Waals surface area contributed by atoms with Gasteiger partial charge < -0.3 is 9.47 Å². The van der Waals surface area contributed by atoms with E-state index in [1.807, 2.05) is 6.07 Å². The SMILES string of the molecule is c1ccc(CCc2cccc(CCc3ccc4c(c3)OCCO4)c2)cc1. The molecule has 1 aliphatic heterocycles. The van der Waals surface area contributed by atoms with E-state index < -0.39 is 0 Å². The van der Waals surface area contributed by atoms with E-state index in [4.69, 9.17) is 9.47 Å². The lowest BCUT2D eigenvalue weighted by Crippen LogP contribution is -2.15. The highest BCUT2D eigenvalue weighted by molar-refractivity contribution is 5.44. The van der Waals surface area contributed by atoms with Crippen molar-refractivity contribution < 1.29 is 9.47 Å². The maximum atomic E-state index is 5.68. The third-order valence-electron chi connectivity index (χ3n) is 4.85. The first-order valence-electron chi connectivity index (χ1n) is 9.37. The van der Waals surface area contributed by atoms with Crippen molar-refractivity contribution in [3.63, 3.8) is 0 Å². The van der Waals surface area contributed by atoms with E-state index >= 15 is 0 Å². The molecular formula is C24H24O2. The number of fused-ring (bicyclic) bond motifs is 1. The molecule has 1 heterocycles. The molecule has 3 aromatic carbocycles. The molecule has 26 heavy (non-hydrogen) atoms. The summed E-state index contributed by atoms with van der Waals surface area (Å²) in [6.07, 6.45) is 4.23. The quantitative estimate of drug-likeness (QED) is 0.624. The maximum Gasteiger partial charge on any atom is 0.161 e. The zero-order chi connectivity index (χ0) is 17.6. The number of hydrogen-bond acceptors (Lipinski definition) is 2. The Labute approximate surface area is 155 Å². The Morgan fingerprint density at radius 1 is 0.500 bits per heavy atom. The molecular weight excluding hydrogens is 320 g/mol. The molecule has 0 aromatic heterocycles. The number of ether oxygens (including phenoxy) is 2. The van der Waals surface area contributed by atoms with Crippen LogP contribution in [0.1, 0.15) is 22.3 Å². The molecule has 0 bridgehead atoms. The zero-order valence-corrected chi connectivity index (χ0v) is 15.0. The van der Waals surface area contributed by atoms with Gasteiger partial charge in [0, 0.05) is 0 Å². The van der Waals surface area contributed by atoms with Gasteiger partial charge in [-0.15, -0.1) is 0 Å². The average Bonchev–Trinajstić information content (AvgIpc) is 2.72. The monoisotopic (exact) mass is 344 g/mol. The first-order chi connectivity index (χ1) is 12.9. The van der Waals surface area contributed by atoms with Gasteiger partial charge in [0.05, 0.1) is 0 Å². The average molecular weight is 344 g/mol. The maximum absolute atomic E-state index is 5.68. The second kappa shape index (κ2) is 8.09. The van der Waals surface area contributed by atoms with Gasteiger partial charge in [-0.3, -0.25) is 0 Å². The third kappa shape index (κ3) is 4.26. The van der Waals surface area contributed by atoms with Crippen molar-refractivity contribution in [3.05, 3.63) is 95.1 Å². The highest BCUT2D eigenvalue weighted by Gasteiger charge is 2.11. The van der Waals surface area contributed by atoms with Crippen LogP contribution in [0.25, 0.3) is 0 Å². The van der Waals surface area contributed by atoms with Gasteiger partial charge in [0.15, 0.2) is 11.5 Å². The number of rotatable bonds is 6. The molecule has 4 rings (SSSR count). The fraction of sp³-hybridized carbons (Fsp3) is 0.250. The Morgan fingerprint density at radius 3 is 1.81 bits per heavy atom. The molecule has 0 saturated heterocycles. The van der Waals surface area contributed by atoms with Crippen molar-refractivity contribution in [2.24, 2.45) is 0 Å². The minimum absolute atomic E-state index is 0.639. The Hall–Kier alpha value is -2.74. The van der Waals surface area contributed by atoms with Gasteiger partial charge in [-0.05, 0) is 60.1 Å². The molecule has 0 amide bonds. The normalized spacial score (nSPS) is 12.8. The summed E-state index contributed by atoms with van der Waals surface area (Å²) in [6.45, 7) is 1.28. The van der Waals surface area contributed by atoms with Crippen LogP contribution in [-0.2, 0) is 25.7 Å². The molecule has 0 spiro atoms. The molecule has 3 aromatic rings. The van der Waals surface area contributed by atoms with E-state index in [2.05, 4.69) is 66.7 Å². The van der Waals surface area contributed by atoms with Crippen LogP contribution in [-0.4, -0.2) is 13.2 Å². The van der Waals surface area contributed by atoms with E-state index in [-0.39, 0.29) is 0 Å². The van der Waals surface area contributed by atoms with Gasteiger partial charge in [0.25, 0.3) is 0 Å². The van der Waals surface area contributed by atoms with E-state index in [9.17, 15) is 0 Å². The van der Waals surface area contributed by atoms with Crippen molar-refractivity contribution in [1.29, 1.82) is 0 Å². The molecule has 2 nitrogen and oxygen atoms in total. The van der Waals surface area contributed by atoms with E-state index in [1.165, 1.54) is 22.3 Å². The second-order valence-corrected chi connectivity index (χ2v) is 6.78. The summed E-state index contributed by atoms with van der Waals surface area (Å²) in [6, 6.07) is 26.0. The number of hydrogen-bond donors (Lipinski definition) is 0. The van der Waals surface area contributed by atoms with Gasteiger partial charge in [0.2, 0.25) is 0 Å². The molecule has 0 N–H and O–H groups in total.